The highest BCUT2D eigenvalue weighted by molar-refractivity contribution is 4.94. The maximum absolute atomic E-state index is 4.87. The highest BCUT2D eigenvalue weighted by Crippen LogP contribution is 1.97. The Bertz CT molecular complexity index is 74.5. The van der Waals surface area contributed by atoms with Crippen LogP contribution < -0.4 is 0 Å². The van der Waals surface area contributed by atoms with E-state index in [1.807, 2.05) is 6.92 Å². The molecular formula is C7H14O. The summed E-state index contributed by atoms with van der Waals surface area (Å²) in [4.78, 5) is 0. The van der Waals surface area contributed by atoms with E-state index in [9.17, 15) is 0 Å². The van der Waals surface area contributed by atoms with Crippen molar-refractivity contribution in [3.8, 4) is 0 Å². The maximum Gasteiger partial charge on any atom is 0.0499 e. The minimum Gasteiger partial charge on any atom is -0.384 e. The molecule has 0 N–H and O–H groups in total. The zero-order chi connectivity index (χ0) is 6.41. The third kappa shape index (κ3) is 3.88. The summed E-state index contributed by atoms with van der Waals surface area (Å²) < 4.78 is 4.87. The molecule has 0 saturated carbocycles. The normalized spacial score (nSPS) is 12.1. The average molecular weight is 114 g/mol. The number of hydrogen-bond donors (Lipinski definition) is 0. The SMILES string of the molecule is CC=C(C)CCOC. The Morgan fingerprint density at radius 3 is 2.62 bits per heavy atom. The smallest absolute Gasteiger partial charge is 0.0499 e. The van der Waals surface area contributed by atoms with Crippen LogP contribution in [0.2, 0.25) is 0 Å². The lowest BCUT2D eigenvalue weighted by Crippen LogP contribution is -1.87. The number of rotatable bonds is 3. The van der Waals surface area contributed by atoms with Gasteiger partial charge in [0.2, 0.25) is 0 Å². The third-order valence-corrected chi connectivity index (χ3v) is 1.19. The van der Waals surface area contributed by atoms with E-state index in [1.165, 1.54) is 5.57 Å². The Labute approximate surface area is 51.4 Å². The molecule has 48 valence electrons. The summed E-state index contributed by atoms with van der Waals surface area (Å²) in [6.07, 6.45) is 3.17. The van der Waals surface area contributed by atoms with Gasteiger partial charge in [0.1, 0.15) is 0 Å². The molecule has 0 aliphatic heterocycles. The zero-order valence-corrected chi connectivity index (χ0v) is 5.90. The van der Waals surface area contributed by atoms with Crippen molar-refractivity contribution in [2.24, 2.45) is 0 Å². The van der Waals surface area contributed by atoms with E-state index in [2.05, 4.69) is 13.0 Å². The minimum atomic E-state index is 0.843. The van der Waals surface area contributed by atoms with Gasteiger partial charge in [0.05, 0.1) is 0 Å². The summed E-state index contributed by atoms with van der Waals surface area (Å²) in [5.74, 6) is 0. The molecule has 0 heterocycles. The van der Waals surface area contributed by atoms with Crippen molar-refractivity contribution in [1.29, 1.82) is 0 Å². The molecule has 0 atom stereocenters. The average Bonchev–Trinajstić information content (AvgIpc) is 1.83. The van der Waals surface area contributed by atoms with Crippen LogP contribution in [0.3, 0.4) is 0 Å². The molecule has 0 unspecified atom stereocenters. The number of allylic oxidation sites excluding steroid dienone is 1. The van der Waals surface area contributed by atoms with Crippen LogP contribution in [-0.4, -0.2) is 13.7 Å². The lowest BCUT2D eigenvalue weighted by atomic mass is 10.2. The molecule has 0 rings (SSSR count). The van der Waals surface area contributed by atoms with E-state index in [4.69, 9.17) is 4.74 Å². The van der Waals surface area contributed by atoms with Crippen molar-refractivity contribution in [3.05, 3.63) is 11.6 Å². The molecular weight excluding hydrogens is 100 g/mol. The standard InChI is InChI=1S/C7H14O/c1-4-7(2)5-6-8-3/h4H,5-6H2,1-3H3. The summed E-state index contributed by atoms with van der Waals surface area (Å²) in [7, 11) is 1.73. The molecule has 0 aromatic carbocycles. The quantitative estimate of drug-likeness (QED) is 0.510. The molecule has 0 fully saturated rings. The predicted octanol–water partition coefficient (Wildman–Crippen LogP) is 1.99. The fourth-order valence-corrected chi connectivity index (χ4v) is 0.407. The van der Waals surface area contributed by atoms with Crippen LogP contribution in [0.4, 0.5) is 0 Å². The fraction of sp³-hybridized carbons (Fsp3) is 0.714. The van der Waals surface area contributed by atoms with Gasteiger partial charge >= 0.3 is 0 Å². The summed E-state index contributed by atoms with van der Waals surface area (Å²) in [6.45, 7) is 5.00. The van der Waals surface area contributed by atoms with Gasteiger partial charge in [-0.05, 0) is 20.3 Å². The van der Waals surface area contributed by atoms with E-state index in [0.29, 0.717) is 0 Å². The van der Waals surface area contributed by atoms with E-state index in [1.54, 1.807) is 7.11 Å². The highest BCUT2D eigenvalue weighted by atomic mass is 16.5. The van der Waals surface area contributed by atoms with Crippen molar-refractivity contribution >= 4 is 0 Å². The van der Waals surface area contributed by atoms with Gasteiger partial charge in [-0.3, -0.25) is 0 Å². The van der Waals surface area contributed by atoms with Gasteiger partial charge < -0.3 is 4.74 Å². The van der Waals surface area contributed by atoms with Crippen molar-refractivity contribution < 1.29 is 4.74 Å². The summed E-state index contributed by atoms with van der Waals surface area (Å²) in [5.41, 5.74) is 1.40. The molecule has 8 heavy (non-hydrogen) atoms. The molecule has 1 nitrogen and oxygen atoms in total. The van der Waals surface area contributed by atoms with Crippen molar-refractivity contribution in [2.45, 2.75) is 20.3 Å². The lowest BCUT2D eigenvalue weighted by molar-refractivity contribution is 0.202. The van der Waals surface area contributed by atoms with Crippen LogP contribution in [0.1, 0.15) is 20.3 Å². The highest BCUT2D eigenvalue weighted by Gasteiger charge is 1.83. The second kappa shape index (κ2) is 4.85. The van der Waals surface area contributed by atoms with Crippen LogP contribution in [0.15, 0.2) is 11.6 Å². The second-order valence-corrected chi connectivity index (χ2v) is 1.88. The van der Waals surface area contributed by atoms with E-state index in [-0.39, 0.29) is 0 Å². The summed E-state index contributed by atoms with van der Waals surface area (Å²) >= 11 is 0. The Morgan fingerprint density at radius 1 is 1.62 bits per heavy atom. The predicted molar refractivity (Wildman–Crippen MR) is 35.9 cm³/mol. The fourth-order valence-electron chi connectivity index (χ4n) is 0.407. The van der Waals surface area contributed by atoms with Gasteiger partial charge in [0, 0.05) is 13.7 Å². The molecule has 0 aliphatic rings. The molecule has 0 amide bonds. The molecule has 1 heteroatoms. The monoisotopic (exact) mass is 114 g/mol. The first-order valence-corrected chi connectivity index (χ1v) is 2.92. The molecule has 0 radical (unpaired) electrons. The van der Waals surface area contributed by atoms with Crippen LogP contribution in [0, 0.1) is 0 Å². The first-order chi connectivity index (χ1) is 3.81. The molecule has 0 saturated heterocycles. The van der Waals surface area contributed by atoms with Crippen molar-refractivity contribution in [3.63, 3.8) is 0 Å². The Morgan fingerprint density at radius 2 is 2.25 bits per heavy atom. The van der Waals surface area contributed by atoms with E-state index < -0.39 is 0 Å². The Kier molecular flexibility index (Phi) is 4.67. The Hall–Kier alpha value is -0.300. The van der Waals surface area contributed by atoms with Gasteiger partial charge in [-0.15, -0.1) is 0 Å². The lowest BCUT2D eigenvalue weighted by Gasteiger charge is -1.96. The van der Waals surface area contributed by atoms with E-state index >= 15 is 0 Å². The van der Waals surface area contributed by atoms with Gasteiger partial charge in [0.15, 0.2) is 0 Å². The van der Waals surface area contributed by atoms with Gasteiger partial charge in [-0.2, -0.15) is 0 Å². The maximum atomic E-state index is 4.87. The first-order valence-electron chi connectivity index (χ1n) is 2.92. The van der Waals surface area contributed by atoms with Crippen LogP contribution >= 0.6 is 0 Å². The largest absolute Gasteiger partial charge is 0.384 e. The summed E-state index contributed by atoms with van der Waals surface area (Å²) in [6, 6.07) is 0. The van der Waals surface area contributed by atoms with Gasteiger partial charge in [0.25, 0.3) is 0 Å². The zero-order valence-electron chi connectivity index (χ0n) is 5.90. The molecule has 0 aliphatic carbocycles. The number of methoxy groups -OCH3 is 1. The third-order valence-electron chi connectivity index (χ3n) is 1.19. The number of hydrogen-bond acceptors (Lipinski definition) is 1. The molecule has 0 aromatic heterocycles. The molecule has 0 bridgehead atoms. The van der Waals surface area contributed by atoms with E-state index in [0.717, 1.165) is 13.0 Å². The summed E-state index contributed by atoms with van der Waals surface area (Å²) in [5, 5.41) is 0. The molecule has 0 spiro atoms. The van der Waals surface area contributed by atoms with Crippen molar-refractivity contribution in [2.75, 3.05) is 13.7 Å². The topological polar surface area (TPSA) is 9.23 Å². The number of ether oxygens (including phenoxy) is 1. The second-order valence-electron chi connectivity index (χ2n) is 1.88. The van der Waals surface area contributed by atoms with Gasteiger partial charge in [-0.1, -0.05) is 11.6 Å². The minimum absolute atomic E-state index is 0.843. The van der Waals surface area contributed by atoms with Crippen molar-refractivity contribution in [1.82, 2.24) is 0 Å². The Balaban J connectivity index is 3.12. The molecule has 0 aromatic rings. The first kappa shape index (κ1) is 7.70. The van der Waals surface area contributed by atoms with Crippen LogP contribution in [0.25, 0.3) is 0 Å². The van der Waals surface area contributed by atoms with Gasteiger partial charge in [-0.25, -0.2) is 0 Å². The van der Waals surface area contributed by atoms with Crippen LogP contribution in [-0.2, 0) is 4.74 Å². The van der Waals surface area contributed by atoms with Crippen LogP contribution in [0.5, 0.6) is 0 Å².